The lowest BCUT2D eigenvalue weighted by molar-refractivity contribution is 0.251. The summed E-state index contributed by atoms with van der Waals surface area (Å²) < 4.78 is 26.6. The van der Waals surface area contributed by atoms with E-state index < -0.39 is 10.0 Å². The molecule has 21 heavy (non-hydrogen) atoms. The monoisotopic (exact) mass is 310 g/mol. The van der Waals surface area contributed by atoms with Gasteiger partial charge in [-0.15, -0.1) is 0 Å². The zero-order valence-corrected chi connectivity index (χ0v) is 13.8. The summed E-state index contributed by atoms with van der Waals surface area (Å²) in [4.78, 5) is 0. The lowest BCUT2D eigenvalue weighted by Crippen LogP contribution is -2.43. The molecule has 1 fully saturated rings. The molecule has 0 saturated heterocycles. The van der Waals surface area contributed by atoms with E-state index in [9.17, 15) is 8.42 Å². The summed E-state index contributed by atoms with van der Waals surface area (Å²) in [5.74, 6) is 0.0947. The van der Waals surface area contributed by atoms with Gasteiger partial charge in [0.05, 0.1) is 5.75 Å². The van der Waals surface area contributed by atoms with Crippen molar-refractivity contribution in [1.82, 2.24) is 9.62 Å². The Kier molecular flexibility index (Phi) is 5.79. The van der Waals surface area contributed by atoms with Gasteiger partial charge >= 0.3 is 0 Å². The van der Waals surface area contributed by atoms with Crippen LogP contribution in [0, 0.1) is 0 Å². The minimum Gasteiger partial charge on any atom is -0.314 e. The van der Waals surface area contributed by atoms with Gasteiger partial charge in [-0.2, -0.15) is 0 Å². The van der Waals surface area contributed by atoms with Crippen LogP contribution >= 0.6 is 0 Å². The molecule has 0 aromatic heterocycles. The number of benzene rings is 1. The van der Waals surface area contributed by atoms with Crippen LogP contribution in [0.25, 0.3) is 0 Å². The molecule has 1 N–H and O–H groups in total. The Morgan fingerprint density at radius 1 is 1.14 bits per heavy atom. The average molecular weight is 310 g/mol. The first kappa shape index (κ1) is 16.5. The van der Waals surface area contributed by atoms with Crippen LogP contribution in [0.2, 0.25) is 0 Å². The molecule has 0 amide bonds. The van der Waals surface area contributed by atoms with Gasteiger partial charge in [0.25, 0.3) is 0 Å². The topological polar surface area (TPSA) is 49.4 Å². The van der Waals surface area contributed by atoms with Crippen LogP contribution in [-0.4, -0.2) is 38.4 Å². The van der Waals surface area contributed by atoms with Crippen LogP contribution < -0.4 is 5.32 Å². The molecular formula is C16H26N2O2S. The molecule has 1 saturated carbocycles. The Morgan fingerprint density at radius 2 is 1.76 bits per heavy atom. The van der Waals surface area contributed by atoms with E-state index in [1.54, 1.807) is 11.4 Å². The minimum atomic E-state index is -3.23. The number of sulfonamides is 1. The van der Waals surface area contributed by atoms with E-state index in [0.29, 0.717) is 6.04 Å². The van der Waals surface area contributed by atoms with Crippen molar-refractivity contribution in [2.75, 3.05) is 13.6 Å². The van der Waals surface area contributed by atoms with Gasteiger partial charge in [-0.25, -0.2) is 12.7 Å². The standard InChI is InChI=1S/C16H26N2O2S/c1-3-17-15-9-11-16(12-10-15)18(2)21(19,20)13-14-7-5-4-6-8-14/h4-8,15-17H,3,9-13H2,1-2H3. The fraction of sp³-hybridized carbons (Fsp3) is 0.625. The fourth-order valence-corrected chi connectivity index (χ4v) is 4.53. The first-order valence-corrected chi connectivity index (χ1v) is 9.37. The second-order valence-electron chi connectivity index (χ2n) is 5.82. The summed E-state index contributed by atoms with van der Waals surface area (Å²) in [5.41, 5.74) is 0.852. The molecule has 1 aliphatic carbocycles. The highest BCUT2D eigenvalue weighted by atomic mass is 32.2. The summed E-state index contributed by atoms with van der Waals surface area (Å²) in [7, 11) is -1.50. The largest absolute Gasteiger partial charge is 0.314 e. The average Bonchev–Trinajstić information content (AvgIpc) is 2.48. The van der Waals surface area contributed by atoms with E-state index in [0.717, 1.165) is 37.8 Å². The van der Waals surface area contributed by atoms with Gasteiger partial charge in [0.15, 0.2) is 0 Å². The Bertz CT molecular complexity index is 522. The van der Waals surface area contributed by atoms with Crippen molar-refractivity contribution in [2.24, 2.45) is 0 Å². The number of hydrogen-bond donors (Lipinski definition) is 1. The Hall–Kier alpha value is -0.910. The summed E-state index contributed by atoms with van der Waals surface area (Å²) in [6.07, 6.45) is 4.01. The predicted octanol–water partition coefficient (Wildman–Crippen LogP) is 2.37. The Balaban J connectivity index is 1.94. The Labute approximate surface area is 128 Å². The molecule has 0 radical (unpaired) electrons. The van der Waals surface area contributed by atoms with Crippen molar-refractivity contribution >= 4 is 10.0 Å². The van der Waals surface area contributed by atoms with Crippen molar-refractivity contribution < 1.29 is 8.42 Å². The second kappa shape index (κ2) is 7.38. The predicted molar refractivity (Wildman–Crippen MR) is 86.5 cm³/mol. The highest BCUT2D eigenvalue weighted by molar-refractivity contribution is 7.88. The first-order valence-electron chi connectivity index (χ1n) is 7.76. The van der Waals surface area contributed by atoms with E-state index in [2.05, 4.69) is 12.2 Å². The van der Waals surface area contributed by atoms with Crippen LogP contribution in [0.15, 0.2) is 30.3 Å². The molecule has 0 spiro atoms. The van der Waals surface area contributed by atoms with E-state index >= 15 is 0 Å². The number of hydrogen-bond acceptors (Lipinski definition) is 3. The maximum absolute atomic E-state index is 12.5. The summed E-state index contributed by atoms with van der Waals surface area (Å²) in [6, 6.07) is 10.1. The first-order chi connectivity index (χ1) is 10.0. The zero-order valence-electron chi connectivity index (χ0n) is 13.0. The van der Waals surface area contributed by atoms with Gasteiger partial charge < -0.3 is 5.32 Å². The third-order valence-corrected chi connectivity index (χ3v) is 6.21. The number of nitrogens with one attached hydrogen (secondary N) is 1. The fourth-order valence-electron chi connectivity index (χ4n) is 3.05. The number of rotatable bonds is 6. The molecule has 0 unspecified atom stereocenters. The van der Waals surface area contributed by atoms with Crippen molar-refractivity contribution in [3.8, 4) is 0 Å². The van der Waals surface area contributed by atoms with E-state index in [-0.39, 0.29) is 11.8 Å². The molecule has 0 heterocycles. The molecule has 2 rings (SSSR count). The van der Waals surface area contributed by atoms with E-state index in [1.165, 1.54) is 0 Å². The molecule has 5 heteroatoms. The van der Waals surface area contributed by atoms with Gasteiger partial charge in [-0.1, -0.05) is 37.3 Å². The van der Waals surface area contributed by atoms with Gasteiger partial charge in [-0.05, 0) is 37.8 Å². The summed E-state index contributed by atoms with van der Waals surface area (Å²) in [6.45, 7) is 3.10. The van der Waals surface area contributed by atoms with Gasteiger partial charge in [-0.3, -0.25) is 0 Å². The lowest BCUT2D eigenvalue weighted by Gasteiger charge is -2.34. The van der Waals surface area contributed by atoms with Crippen molar-refractivity contribution in [3.05, 3.63) is 35.9 Å². The second-order valence-corrected chi connectivity index (χ2v) is 7.85. The van der Waals surface area contributed by atoms with Crippen LogP contribution in [0.5, 0.6) is 0 Å². The SMILES string of the molecule is CCNC1CCC(N(C)S(=O)(=O)Cc2ccccc2)CC1. The van der Waals surface area contributed by atoms with Crippen LogP contribution in [0.3, 0.4) is 0 Å². The zero-order chi connectivity index (χ0) is 15.3. The molecule has 1 aliphatic rings. The smallest absolute Gasteiger partial charge is 0.218 e. The van der Waals surface area contributed by atoms with Gasteiger partial charge in [0.1, 0.15) is 0 Å². The summed E-state index contributed by atoms with van der Waals surface area (Å²) >= 11 is 0. The quantitative estimate of drug-likeness (QED) is 0.877. The molecular weight excluding hydrogens is 284 g/mol. The maximum Gasteiger partial charge on any atom is 0.218 e. The lowest BCUT2D eigenvalue weighted by atomic mass is 9.91. The van der Waals surface area contributed by atoms with E-state index in [1.807, 2.05) is 30.3 Å². The highest BCUT2D eigenvalue weighted by Gasteiger charge is 2.30. The molecule has 1 aromatic carbocycles. The van der Waals surface area contributed by atoms with Crippen molar-refractivity contribution in [1.29, 1.82) is 0 Å². The molecule has 118 valence electrons. The molecule has 1 aromatic rings. The maximum atomic E-state index is 12.5. The number of nitrogens with zero attached hydrogens (tertiary/aromatic N) is 1. The van der Waals surface area contributed by atoms with Crippen LogP contribution in [0.4, 0.5) is 0 Å². The highest BCUT2D eigenvalue weighted by Crippen LogP contribution is 2.25. The van der Waals surface area contributed by atoms with Gasteiger partial charge in [0, 0.05) is 19.1 Å². The third kappa shape index (κ3) is 4.53. The van der Waals surface area contributed by atoms with Crippen molar-refractivity contribution in [2.45, 2.75) is 50.4 Å². The molecule has 4 nitrogen and oxygen atoms in total. The molecule has 0 aliphatic heterocycles. The van der Waals surface area contributed by atoms with E-state index in [4.69, 9.17) is 0 Å². The van der Waals surface area contributed by atoms with Gasteiger partial charge in [0.2, 0.25) is 10.0 Å². The third-order valence-electron chi connectivity index (χ3n) is 4.33. The van der Waals surface area contributed by atoms with Crippen LogP contribution in [0.1, 0.15) is 38.2 Å². The molecule has 0 atom stereocenters. The normalized spacial score (nSPS) is 23.4. The summed E-state index contributed by atoms with van der Waals surface area (Å²) in [5, 5.41) is 3.45. The minimum absolute atomic E-state index is 0.0947. The van der Waals surface area contributed by atoms with Crippen molar-refractivity contribution in [3.63, 3.8) is 0 Å². The Morgan fingerprint density at radius 3 is 2.33 bits per heavy atom. The molecule has 0 bridgehead atoms. The van der Waals surface area contributed by atoms with Crippen LogP contribution in [-0.2, 0) is 15.8 Å².